The van der Waals surface area contributed by atoms with Gasteiger partial charge in [-0.3, -0.25) is 9.59 Å². The topological polar surface area (TPSA) is 70.8 Å². The predicted molar refractivity (Wildman–Crippen MR) is 75.7 cm³/mol. The highest BCUT2D eigenvalue weighted by molar-refractivity contribution is 5.92. The van der Waals surface area contributed by atoms with E-state index in [9.17, 15) is 14.0 Å². The average Bonchev–Trinajstić information content (AvgIpc) is 3.17. The number of nitrogens with zero attached hydrogens (tertiary/aromatic N) is 1. The fourth-order valence-electron chi connectivity index (χ4n) is 2.56. The van der Waals surface area contributed by atoms with Crippen molar-refractivity contribution in [2.24, 2.45) is 5.92 Å². The molecular weight excluding hydrogens is 289 g/mol. The van der Waals surface area contributed by atoms with E-state index in [-0.39, 0.29) is 29.5 Å². The number of hydrogen-bond acceptors (Lipinski definition) is 3. The molecule has 5 nitrogen and oxygen atoms in total. The number of hydrogen-bond donors (Lipinski definition) is 1. The molecule has 0 saturated carbocycles. The van der Waals surface area contributed by atoms with Crippen LogP contribution in [0.15, 0.2) is 40.8 Å². The largest absolute Gasteiger partial charge is 0.481 e. The summed E-state index contributed by atoms with van der Waals surface area (Å²) in [7, 11) is 0. The lowest BCUT2D eigenvalue weighted by Crippen LogP contribution is -2.29. The summed E-state index contributed by atoms with van der Waals surface area (Å²) in [5.74, 6) is -1.87. The molecular formula is C16H14FNO4. The van der Waals surface area contributed by atoms with E-state index in [1.807, 2.05) is 0 Å². The SMILES string of the molecule is O=C(O)C1CCN(C(=O)c2ccc(-c3ccccc3F)o2)C1. The van der Waals surface area contributed by atoms with Gasteiger partial charge in [0.25, 0.3) is 5.91 Å². The van der Waals surface area contributed by atoms with E-state index in [2.05, 4.69) is 0 Å². The average molecular weight is 303 g/mol. The second-order valence-electron chi connectivity index (χ2n) is 5.22. The van der Waals surface area contributed by atoms with Gasteiger partial charge in [-0.2, -0.15) is 0 Å². The van der Waals surface area contributed by atoms with Crippen LogP contribution >= 0.6 is 0 Å². The summed E-state index contributed by atoms with van der Waals surface area (Å²) in [5.41, 5.74) is 0.284. The molecule has 1 unspecified atom stereocenters. The molecule has 1 aromatic carbocycles. The second-order valence-corrected chi connectivity index (χ2v) is 5.22. The van der Waals surface area contributed by atoms with Crippen LogP contribution in [0.5, 0.6) is 0 Å². The first-order valence-corrected chi connectivity index (χ1v) is 6.93. The van der Waals surface area contributed by atoms with Gasteiger partial charge in [0.15, 0.2) is 5.76 Å². The van der Waals surface area contributed by atoms with E-state index in [1.54, 1.807) is 18.2 Å². The molecule has 1 aromatic heterocycles. The summed E-state index contributed by atoms with van der Waals surface area (Å²) < 4.78 is 19.1. The number of amides is 1. The maximum Gasteiger partial charge on any atom is 0.308 e. The lowest BCUT2D eigenvalue weighted by atomic mass is 10.1. The number of halogens is 1. The zero-order chi connectivity index (χ0) is 15.7. The molecule has 22 heavy (non-hydrogen) atoms. The highest BCUT2D eigenvalue weighted by atomic mass is 19.1. The summed E-state index contributed by atoms with van der Waals surface area (Å²) in [6.07, 6.45) is 0.432. The minimum atomic E-state index is -0.901. The van der Waals surface area contributed by atoms with Crippen LogP contribution in [-0.4, -0.2) is 35.0 Å². The van der Waals surface area contributed by atoms with Crippen LogP contribution in [-0.2, 0) is 4.79 Å². The van der Waals surface area contributed by atoms with Crippen molar-refractivity contribution in [3.8, 4) is 11.3 Å². The molecule has 0 aliphatic carbocycles. The molecule has 1 aliphatic rings. The first kappa shape index (κ1) is 14.3. The Kier molecular flexibility index (Phi) is 3.66. The number of carbonyl (C=O) groups is 2. The smallest absolute Gasteiger partial charge is 0.308 e. The van der Waals surface area contributed by atoms with Crippen LogP contribution in [0.4, 0.5) is 4.39 Å². The first-order chi connectivity index (χ1) is 10.6. The molecule has 1 amide bonds. The quantitative estimate of drug-likeness (QED) is 0.946. The third-order valence-electron chi connectivity index (χ3n) is 3.78. The van der Waals surface area contributed by atoms with Crippen molar-refractivity contribution < 1.29 is 23.5 Å². The second kappa shape index (κ2) is 5.63. The summed E-state index contributed by atoms with van der Waals surface area (Å²) in [4.78, 5) is 24.7. The fraction of sp³-hybridized carbons (Fsp3) is 0.250. The molecule has 0 bridgehead atoms. The molecule has 1 atom stereocenters. The standard InChI is InChI=1S/C16H14FNO4/c17-12-4-2-1-3-11(12)13-5-6-14(22-13)15(19)18-8-7-10(9-18)16(20)21/h1-6,10H,7-9H2,(H,20,21). The normalized spacial score (nSPS) is 17.7. The molecule has 6 heteroatoms. The van der Waals surface area contributed by atoms with Gasteiger partial charge in [-0.15, -0.1) is 0 Å². The number of rotatable bonds is 3. The summed E-state index contributed by atoms with van der Waals surface area (Å²) in [6, 6.07) is 9.16. The highest BCUT2D eigenvalue weighted by Gasteiger charge is 2.32. The lowest BCUT2D eigenvalue weighted by molar-refractivity contribution is -0.141. The molecule has 1 fully saturated rings. The Balaban J connectivity index is 1.78. The van der Waals surface area contributed by atoms with Gasteiger partial charge in [-0.25, -0.2) is 4.39 Å². The van der Waals surface area contributed by atoms with Gasteiger partial charge in [-0.05, 0) is 30.7 Å². The molecule has 2 aromatic rings. The van der Waals surface area contributed by atoms with Crippen LogP contribution in [0.25, 0.3) is 11.3 Å². The minimum absolute atomic E-state index is 0.0873. The Morgan fingerprint density at radius 3 is 2.68 bits per heavy atom. The van der Waals surface area contributed by atoms with Gasteiger partial charge >= 0.3 is 5.97 Å². The number of carbonyl (C=O) groups excluding carboxylic acids is 1. The maximum atomic E-state index is 13.7. The molecule has 1 N–H and O–H groups in total. The Labute approximate surface area is 126 Å². The number of benzene rings is 1. The van der Waals surface area contributed by atoms with E-state index >= 15 is 0 Å². The Morgan fingerprint density at radius 2 is 2.00 bits per heavy atom. The van der Waals surface area contributed by atoms with E-state index in [4.69, 9.17) is 9.52 Å². The summed E-state index contributed by atoms with van der Waals surface area (Å²) in [6.45, 7) is 0.551. The number of furan rings is 1. The Bertz CT molecular complexity index is 724. The van der Waals surface area contributed by atoms with Crippen molar-refractivity contribution in [1.82, 2.24) is 4.90 Å². The maximum absolute atomic E-state index is 13.7. The van der Waals surface area contributed by atoms with Gasteiger partial charge in [0, 0.05) is 13.1 Å². The third kappa shape index (κ3) is 2.59. The number of likely N-dealkylation sites (tertiary alicyclic amines) is 1. The van der Waals surface area contributed by atoms with E-state index in [0.29, 0.717) is 13.0 Å². The van der Waals surface area contributed by atoms with Crippen LogP contribution in [0.3, 0.4) is 0 Å². The molecule has 1 aliphatic heterocycles. The molecule has 3 rings (SSSR count). The van der Waals surface area contributed by atoms with Crippen LogP contribution in [0.2, 0.25) is 0 Å². The minimum Gasteiger partial charge on any atom is -0.481 e. The number of carboxylic acid groups (broad SMARTS) is 1. The van der Waals surface area contributed by atoms with Gasteiger partial charge in [0.1, 0.15) is 11.6 Å². The molecule has 114 valence electrons. The molecule has 1 saturated heterocycles. The highest BCUT2D eigenvalue weighted by Crippen LogP contribution is 2.26. The van der Waals surface area contributed by atoms with Gasteiger partial charge in [0.2, 0.25) is 0 Å². The van der Waals surface area contributed by atoms with E-state index < -0.39 is 17.7 Å². The molecule has 2 heterocycles. The Hall–Kier alpha value is -2.63. The van der Waals surface area contributed by atoms with Crippen LogP contribution in [0, 0.1) is 11.7 Å². The molecule has 0 spiro atoms. The summed E-state index contributed by atoms with van der Waals surface area (Å²) in [5, 5.41) is 8.96. The van der Waals surface area contributed by atoms with Crippen molar-refractivity contribution in [3.63, 3.8) is 0 Å². The monoisotopic (exact) mass is 303 g/mol. The van der Waals surface area contributed by atoms with Crippen LogP contribution < -0.4 is 0 Å². The Morgan fingerprint density at radius 1 is 1.23 bits per heavy atom. The van der Waals surface area contributed by atoms with Crippen molar-refractivity contribution in [2.45, 2.75) is 6.42 Å². The number of carboxylic acids is 1. The van der Waals surface area contributed by atoms with Crippen molar-refractivity contribution in [2.75, 3.05) is 13.1 Å². The fourth-order valence-corrected chi connectivity index (χ4v) is 2.56. The predicted octanol–water partition coefficient (Wildman–Crippen LogP) is 2.63. The van der Waals surface area contributed by atoms with E-state index in [1.165, 1.54) is 23.1 Å². The zero-order valence-electron chi connectivity index (χ0n) is 11.7. The first-order valence-electron chi connectivity index (χ1n) is 6.93. The zero-order valence-corrected chi connectivity index (χ0v) is 11.7. The van der Waals surface area contributed by atoms with Crippen LogP contribution in [0.1, 0.15) is 17.0 Å². The summed E-state index contributed by atoms with van der Waals surface area (Å²) >= 11 is 0. The third-order valence-corrected chi connectivity index (χ3v) is 3.78. The van der Waals surface area contributed by atoms with Gasteiger partial charge in [0.05, 0.1) is 11.5 Å². The van der Waals surface area contributed by atoms with Crippen molar-refractivity contribution in [1.29, 1.82) is 0 Å². The number of aliphatic carboxylic acids is 1. The van der Waals surface area contributed by atoms with E-state index in [0.717, 1.165) is 0 Å². The van der Waals surface area contributed by atoms with Gasteiger partial charge in [-0.1, -0.05) is 12.1 Å². The van der Waals surface area contributed by atoms with Crippen molar-refractivity contribution in [3.05, 3.63) is 48.0 Å². The molecule has 0 radical (unpaired) electrons. The lowest BCUT2D eigenvalue weighted by Gasteiger charge is -2.13. The van der Waals surface area contributed by atoms with Crippen molar-refractivity contribution >= 4 is 11.9 Å². The van der Waals surface area contributed by atoms with Gasteiger partial charge < -0.3 is 14.4 Å².